The van der Waals surface area contributed by atoms with E-state index in [9.17, 15) is 9.90 Å². The zero-order chi connectivity index (χ0) is 19.0. The number of amides is 1. The Balaban J connectivity index is 2.44. The minimum Gasteiger partial charge on any atom is -0.490 e. The Morgan fingerprint density at radius 3 is 2.72 bits per heavy atom. The maximum Gasteiger partial charge on any atom is 0.408 e. The van der Waals surface area contributed by atoms with Crippen LogP contribution in [0, 0.1) is 0 Å². The van der Waals surface area contributed by atoms with E-state index in [1.54, 1.807) is 33.8 Å². The van der Waals surface area contributed by atoms with Crippen molar-refractivity contribution in [3.63, 3.8) is 0 Å². The van der Waals surface area contributed by atoms with Crippen LogP contribution in [-0.2, 0) is 15.9 Å². The highest BCUT2D eigenvalue weighted by molar-refractivity contribution is 6.31. The molecule has 1 amide bonds. The van der Waals surface area contributed by atoms with E-state index in [4.69, 9.17) is 26.8 Å². The third kappa shape index (κ3) is 4.34. The van der Waals surface area contributed by atoms with Crippen molar-refractivity contribution < 1.29 is 19.4 Å². The predicted molar refractivity (Wildman–Crippen MR) is 94.7 cm³/mol. The van der Waals surface area contributed by atoms with Crippen molar-refractivity contribution in [3.05, 3.63) is 22.5 Å². The second-order valence-electron chi connectivity index (χ2n) is 7.71. The van der Waals surface area contributed by atoms with Gasteiger partial charge in [0.15, 0.2) is 10.9 Å². The number of fused-ring (bicyclic) bond motifs is 1. The summed E-state index contributed by atoms with van der Waals surface area (Å²) in [6.45, 7) is 9.15. The molecule has 0 saturated heterocycles. The lowest BCUT2D eigenvalue weighted by Crippen LogP contribution is -2.48. The van der Waals surface area contributed by atoms with Gasteiger partial charge in [0, 0.05) is 18.5 Å². The van der Waals surface area contributed by atoms with E-state index in [0.717, 1.165) is 0 Å². The lowest BCUT2D eigenvalue weighted by atomic mass is 9.85. The quantitative estimate of drug-likeness (QED) is 0.704. The molecule has 140 valence electrons. The highest BCUT2D eigenvalue weighted by Crippen LogP contribution is 2.42. The van der Waals surface area contributed by atoms with Crippen molar-refractivity contribution in [3.8, 4) is 5.75 Å². The smallest absolute Gasteiger partial charge is 0.408 e. The van der Waals surface area contributed by atoms with Gasteiger partial charge in [0.2, 0.25) is 0 Å². The first-order valence-electron chi connectivity index (χ1n) is 8.16. The first-order chi connectivity index (χ1) is 11.4. The number of carbonyl (C=O) groups is 1. The number of aromatic nitrogens is 1. The number of carbonyl (C=O) groups excluding carboxylic acids is 1. The van der Waals surface area contributed by atoms with Crippen LogP contribution in [-0.4, -0.2) is 34.9 Å². The summed E-state index contributed by atoms with van der Waals surface area (Å²) in [5.74, 6) is 0.392. The summed E-state index contributed by atoms with van der Waals surface area (Å²) in [6, 6.07) is 1.67. The molecule has 25 heavy (non-hydrogen) atoms. The van der Waals surface area contributed by atoms with Gasteiger partial charge in [-0.1, -0.05) is 11.6 Å². The number of ether oxygens (including phenoxy) is 2. The molecule has 0 saturated carbocycles. The molecule has 2 heterocycles. The second-order valence-corrected chi connectivity index (χ2v) is 8.07. The van der Waals surface area contributed by atoms with Gasteiger partial charge in [0.25, 0.3) is 0 Å². The molecule has 0 bridgehead atoms. The number of rotatable bonds is 3. The van der Waals surface area contributed by atoms with Gasteiger partial charge in [-0.05, 0) is 40.7 Å². The molecule has 0 aromatic carbocycles. The molecule has 1 unspecified atom stereocenters. The minimum absolute atomic E-state index is 0.0216. The summed E-state index contributed by atoms with van der Waals surface area (Å²) in [6.07, 6.45) is -0.0213. The van der Waals surface area contributed by atoms with Crippen molar-refractivity contribution in [1.29, 1.82) is 0 Å². The van der Waals surface area contributed by atoms with E-state index in [2.05, 4.69) is 10.3 Å². The predicted octanol–water partition coefficient (Wildman–Crippen LogP) is 2.42. The highest BCUT2D eigenvalue weighted by Gasteiger charge is 2.39. The summed E-state index contributed by atoms with van der Waals surface area (Å²) in [7, 11) is 0. The van der Waals surface area contributed by atoms with Crippen molar-refractivity contribution >= 4 is 17.7 Å². The number of hydrogen-bond acceptors (Lipinski definition) is 6. The third-order valence-electron chi connectivity index (χ3n) is 4.10. The van der Waals surface area contributed by atoms with Gasteiger partial charge in [0.05, 0.1) is 17.8 Å². The number of nitrogens with zero attached hydrogens (tertiary/aromatic N) is 1. The Kier molecular flexibility index (Phi) is 5.23. The number of nitrogens with one attached hydrogen (secondary N) is 1. The number of aliphatic hydroxyl groups is 1. The first-order valence-corrected chi connectivity index (χ1v) is 8.54. The molecular weight excluding hydrogens is 346 g/mol. The Hall–Kier alpha value is -1.57. The van der Waals surface area contributed by atoms with Crippen LogP contribution in [0.15, 0.2) is 6.07 Å². The molecule has 0 spiro atoms. The summed E-state index contributed by atoms with van der Waals surface area (Å²) >= 11 is 6.25. The van der Waals surface area contributed by atoms with E-state index in [1.165, 1.54) is 0 Å². The summed E-state index contributed by atoms with van der Waals surface area (Å²) in [5, 5.41) is 13.4. The molecule has 7 nitrogen and oxygen atoms in total. The zero-order valence-corrected chi connectivity index (χ0v) is 16.0. The summed E-state index contributed by atoms with van der Waals surface area (Å²) < 4.78 is 11.0. The van der Waals surface area contributed by atoms with Gasteiger partial charge in [-0.25, -0.2) is 9.78 Å². The van der Waals surface area contributed by atoms with Gasteiger partial charge >= 0.3 is 6.09 Å². The first kappa shape index (κ1) is 19.8. The molecule has 0 radical (unpaired) electrons. The molecule has 2 rings (SSSR count). The normalized spacial score (nSPS) is 22.4. The van der Waals surface area contributed by atoms with Crippen molar-refractivity contribution in [2.45, 2.75) is 57.8 Å². The number of halogens is 1. The van der Waals surface area contributed by atoms with Crippen molar-refractivity contribution in [1.82, 2.24) is 10.3 Å². The lowest BCUT2D eigenvalue weighted by Gasteiger charge is -2.38. The Labute approximate surface area is 152 Å². The summed E-state index contributed by atoms with van der Waals surface area (Å²) in [5.41, 5.74) is 3.85. The van der Waals surface area contributed by atoms with Crippen molar-refractivity contribution in [2.24, 2.45) is 5.73 Å². The number of alkyl carbamates (subject to hydrolysis) is 1. The number of nitrogens with two attached hydrogens (primary N) is 1. The van der Waals surface area contributed by atoms with Crippen LogP contribution < -0.4 is 15.8 Å². The zero-order valence-electron chi connectivity index (χ0n) is 15.3. The SMILES string of the molecule is CC(C)(C)OC(=O)N[C@@]1(C)CCOc2c1cc(C(C)(O)CN)nc2Cl. The van der Waals surface area contributed by atoms with Gasteiger partial charge in [0.1, 0.15) is 11.2 Å². The van der Waals surface area contributed by atoms with E-state index in [-0.39, 0.29) is 11.7 Å². The molecule has 1 aliphatic rings. The topological polar surface area (TPSA) is 107 Å². The number of hydrogen-bond donors (Lipinski definition) is 3. The van der Waals surface area contributed by atoms with Crippen LogP contribution >= 0.6 is 11.6 Å². The molecule has 0 aliphatic carbocycles. The van der Waals surface area contributed by atoms with Crippen molar-refractivity contribution in [2.75, 3.05) is 13.2 Å². The average molecular weight is 372 g/mol. The monoisotopic (exact) mass is 371 g/mol. The van der Waals surface area contributed by atoms with Gasteiger partial charge in [-0.3, -0.25) is 0 Å². The fourth-order valence-corrected chi connectivity index (χ4v) is 2.83. The lowest BCUT2D eigenvalue weighted by molar-refractivity contribution is 0.0430. The standard InChI is InChI=1S/C17H26ClN3O4/c1-15(2,3)25-14(22)21-16(4)6-7-24-12-10(16)8-11(20-13(12)18)17(5,23)9-19/h8,23H,6-7,9,19H2,1-5H3,(H,21,22)/t16-,17?/m0/s1. The molecule has 2 atom stereocenters. The minimum atomic E-state index is -1.34. The fraction of sp³-hybridized carbons (Fsp3) is 0.647. The molecule has 0 fully saturated rings. The molecule has 1 aliphatic heterocycles. The van der Waals surface area contributed by atoms with Gasteiger partial charge < -0.3 is 25.6 Å². The molecular formula is C17H26ClN3O4. The fourth-order valence-electron chi connectivity index (χ4n) is 2.58. The van der Waals surface area contributed by atoms with E-state index < -0.39 is 22.8 Å². The van der Waals surface area contributed by atoms with Crippen LogP contribution in [0.3, 0.4) is 0 Å². The van der Waals surface area contributed by atoms with Crippen LogP contribution in [0.2, 0.25) is 5.15 Å². The van der Waals surface area contributed by atoms with Crippen LogP contribution in [0.25, 0.3) is 0 Å². The Morgan fingerprint density at radius 2 is 2.16 bits per heavy atom. The van der Waals surface area contributed by atoms with E-state index in [1.807, 2.05) is 6.92 Å². The van der Waals surface area contributed by atoms with Gasteiger partial charge in [-0.15, -0.1) is 0 Å². The average Bonchev–Trinajstić information content (AvgIpc) is 2.45. The van der Waals surface area contributed by atoms with Crippen LogP contribution in [0.1, 0.15) is 52.3 Å². The van der Waals surface area contributed by atoms with Crippen LogP contribution in [0.5, 0.6) is 5.75 Å². The van der Waals surface area contributed by atoms with Gasteiger partial charge in [-0.2, -0.15) is 0 Å². The Bertz CT molecular complexity index is 673. The third-order valence-corrected chi connectivity index (χ3v) is 4.36. The second kappa shape index (κ2) is 6.63. The summed E-state index contributed by atoms with van der Waals surface area (Å²) in [4.78, 5) is 16.5. The van der Waals surface area contributed by atoms with Crippen LogP contribution in [0.4, 0.5) is 4.79 Å². The molecule has 8 heteroatoms. The molecule has 1 aromatic rings. The highest BCUT2D eigenvalue weighted by atomic mass is 35.5. The van der Waals surface area contributed by atoms with E-state index >= 15 is 0 Å². The Morgan fingerprint density at radius 1 is 1.52 bits per heavy atom. The molecule has 4 N–H and O–H groups in total. The van der Waals surface area contributed by atoms with E-state index in [0.29, 0.717) is 30.0 Å². The maximum absolute atomic E-state index is 12.3. The molecule has 1 aromatic heterocycles. The number of pyridine rings is 1. The maximum atomic E-state index is 12.3. The largest absolute Gasteiger partial charge is 0.490 e.